The van der Waals surface area contributed by atoms with Gasteiger partial charge in [-0.15, -0.1) is 0 Å². The molecule has 4 nitrogen and oxygen atoms in total. The van der Waals surface area contributed by atoms with Gasteiger partial charge in [-0.1, -0.05) is 26.8 Å². The molecule has 1 N–H and O–H groups in total. The zero-order valence-electron chi connectivity index (χ0n) is 16.7. The monoisotopic (exact) mass is 358 g/mol. The van der Waals surface area contributed by atoms with E-state index < -0.39 is 0 Å². The predicted molar refractivity (Wildman–Crippen MR) is 102 cm³/mol. The van der Waals surface area contributed by atoms with Gasteiger partial charge in [0, 0.05) is 23.0 Å². The fourth-order valence-corrected chi connectivity index (χ4v) is 4.22. The van der Waals surface area contributed by atoms with Gasteiger partial charge < -0.3 is 14.6 Å². The summed E-state index contributed by atoms with van der Waals surface area (Å²) in [6.45, 7) is 12.7. The van der Waals surface area contributed by atoms with E-state index in [1.807, 2.05) is 19.1 Å². The molecular weight excluding hydrogens is 328 g/mol. The van der Waals surface area contributed by atoms with Crippen molar-refractivity contribution in [2.24, 2.45) is 5.92 Å². The quantitative estimate of drug-likeness (QED) is 0.768. The first-order valence-electron chi connectivity index (χ1n) is 9.47. The minimum atomic E-state index is -0.364. The van der Waals surface area contributed by atoms with Crippen molar-refractivity contribution in [1.82, 2.24) is 0 Å². The molecule has 1 aromatic rings. The van der Waals surface area contributed by atoms with Crippen LogP contribution in [0, 0.1) is 5.92 Å². The highest BCUT2D eigenvalue weighted by atomic mass is 16.5. The van der Waals surface area contributed by atoms with Crippen LogP contribution in [-0.2, 0) is 14.9 Å². The third kappa shape index (κ3) is 3.22. The van der Waals surface area contributed by atoms with E-state index in [0.717, 1.165) is 23.3 Å². The van der Waals surface area contributed by atoms with Gasteiger partial charge in [-0.25, -0.2) is 4.79 Å². The molecule has 0 bridgehead atoms. The summed E-state index contributed by atoms with van der Waals surface area (Å²) in [6, 6.07) is 3.90. The maximum atomic E-state index is 12.2. The molecule has 142 valence electrons. The fourth-order valence-electron chi connectivity index (χ4n) is 4.22. The van der Waals surface area contributed by atoms with Gasteiger partial charge in [-0.3, -0.25) is 0 Å². The number of esters is 1. The van der Waals surface area contributed by atoms with E-state index in [-0.39, 0.29) is 34.6 Å². The summed E-state index contributed by atoms with van der Waals surface area (Å²) in [5.74, 6) is 1.02. The summed E-state index contributed by atoms with van der Waals surface area (Å²) in [4.78, 5) is 12.2. The average molecular weight is 358 g/mol. The van der Waals surface area contributed by atoms with E-state index in [2.05, 4.69) is 40.7 Å². The van der Waals surface area contributed by atoms with Crippen LogP contribution in [0.3, 0.4) is 0 Å². The fraction of sp³-hybridized carbons (Fsp3) is 0.591. The summed E-state index contributed by atoms with van der Waals surface area (Å²) in [5.41, 5.74) is 2.13. The molecule has 2 aliphatic rings. The van der Waals surface area contributed by atoms with E-state index >= 15 is 0 Å². The zero-order chi connectivity index (χ0) is 19.3. The maximum absolute atomic E-state index is 12.2. The molecule has 1 aromatic carbocycles. The summed E-state index contributed by atoms with van der Waals surface area (Å²) in [6.07, 6.45) is 3.30. The van der Waals surface area contributed by atoms with Crippen molar-refractivity contribution in [3.63, 3.8) is 0 Å². The second-order valence-electron chi connectivity index (χ2n) is 8.97. The molecule has 3 rings (SSSR count). The Morgan fingerprint density at radius 3 is 2.65 bits per heavy atom. The molecule has 26 heavy (non-hydrogen) atoms. The molecule has 1 heterocycles. The Balaban J connectivity index is 2.06. The molecule has 1 aliphatic carbocycles. The SMILES string of the molecule is CCOC(=O)C1=CC[C@@H]2[C@@H](C1)c1c(O)cc(C(C)(C)C)cc1OC2(C)C. The number of phenolic OH excluding ortho intramolecular Hbond substituents is 1. The molecule has 0 aromatic heterocycles. The van der Waals surface area contributed by atoms with Gasteiger partial charge in [0.15, 0.2) is 0 Å². The van der Waals surface area contributed by atoms with Crippen molar-refractivity contribution in [3.8, 4) is 11.5 Å². The topological polar surface area (TPSA) is 55.8 Å². The van der Waals surface area contributed by atoms with E-state index in [0.29, 0.717) is 18.6 Å². The maximum Gasteiger partial charge on any atom is 0.333 e. The van der Waals surface area contributed by atoms with Crippen LogP contribution in [0.4, 0.5) is 0 Å². The molecule has 0 fully saturated rings. The van der Waals surface area contributed by atoms with E-state index in [9.17, 15) is 9.90 Å². The number of carbonyl (C=O) groups excluding carboxylic acids is 1. The molecule has 1 aliphatic heterocycles. The van der Waals surface area contributed by atoms with Crippen LogP contribution in [0.2, 0.25) is 0 Å². The lowest BCUT2D eigenvalue weighted by atomic mass is 9.66. The number of carbonyl (C=O) groups is 1. The third-order valence-corrected chi connectivity index (χ3v) is 5.70. The standard InChI is InChI=1S/C22H30O4/c1-7-25-20(24)13-8-9-16-15(10-13)19-17(23)11-14(21(2,3)4)12-18(19)26-22(16,5)6/h8,11-12,15-16,23H,7,9-10H2,1-6H3/t15-,16-/m1/s1. The average Bonchev–Trinajstić information content (AvgIpc) is 2.52. The Kier molecular flexibility index (Phi) is 4.58. The Hall–Kier alpha value is -1.97. The Bertz CT molecular complexity index is 752. The van der Waals surface area contributed by atoms with Crippen LogP contribution >= 0.6 is 0 Å². The lowest BCUT2D eigenvalue weighted by Crippen LogP contribution is -2.46. The van der Waals surface area contributed by atoms with E-state index in [4.69, 9.17) is 9.47 Å². The molecule has 0 spiro atoms. The van der Waals surface area contributed by atoms with Crippen LogP contribution < -0.4 is 4.74 Å². The van der Waals surface area contributed by atoms with Gasteiger partial charge in [0.05, 0.1) is 6.61 Å². The van der Waals surface area contributed by atoms with E-state index in [1.165, 1.54) is 0 Å². The van der Waals surface area contributed by atoms with Gasteiger partial charge in [0.1, 0.15) is 17.1 Å². The Morgan fingerprint density at radius 1 is 1.35 bits per heavy atom. The predicted octanol–water partition coefficient (Wildman–Crippen LogP) is 4.84. The largest absolute Gasteiger partial charge is 0.508 e. The smallest absolute Gasteiger partial charge is 0.333 e. The lowest BCUT2D eigenvalue weighted by Gasteiger charge is -2.47. The van der Waals surface area contributed by atoms with Crippen molar-refractivity contribution in [2.75, 3.05) is 6.61 Å². The second kappa shape index (κ2) is 6.33. The first-order valence-corrected chi connectivity index (χ1v) is 9.47. The lowest BCUT2D eigenvalue weighted by molar-refractivity contribution is -0.139. The summed E-state index contributed by atoms with van der Waals surface area (Å²) in [7, 11) is 0. The third-order valence-electron chi connectivity index (χ3n) is 5.70. The van der Waals surface area contributed by atoms with Gasteiger partial charge in [0.2, 0.25) is 0 Å². The van der Waals surface area contributed by atoms with Gasteiger partial charge >= 0.3 is 5.97 Å². The summed E-state index contributed by atoms with van der Waals surface area (Å²) in [5, 5.41) is 10.8. The number of hydrogen-bond acceptors (Lipinski definition) is 4. The molecular formula is C22H30O4. The molecule has 0 saturated heterocycles. The number of rotatable bonds is 2. The molecule has 2 atom stereocenters. The molecule has 0 amide bonds. The summed E-state index contributed by atoms with van der Waals surface area (Å²) >= 11 is 0. The first-order chi connectivity index (χ1) is 12.0. The number of allylic oxidation sites excluding steroid dienone is 1. The molecule has 4 heteroatoms. The van der Waals surface area contributed by atoms with Crippen LogP contribution in [-0.4, -0.2) is 23.3 Å². The highest BCUT2D eigenvalue weighted by molar-refractivity contribution is 5.89. The van der Waals surface area contributed by atoms with Crippen LogP contribution in [0.1, 0.15) is 71.4 Å². The number of aromatic hydroxyl groups is 1. The highest BCUT2D eigenvalue weighted by Gasteiger charge is 2.47. The Labute approximate surface area is 156 Å². The van der Waals surface area contributed by atoms with Crippen LogP contribution in [0.15, 0.2) is 23.8 Å². The van der Waals surface area contributed by atoms with Gasteiger partial charge in [-0.05, 0) is 56.7 Å². The number of benzene rings is 1. The zero-order valence-corrected chi connectivity index (χ0v) is 16.7. The number of phenols is 1. The van der Waals surface area contributed by atoms with Crippen molar-refractivity contribution >= 4 is 5.97 Å². The van der Waals surface area contributed by atoms with Crippen LogP contribution in [0.25, 0.3) is 0 Å². The van der Waals surface area contributed by atoms with Crippen molar-refractivity contribution in [1.29, 1.82) is 0 Å². The van der Waals surface area contributed by atoms with Crippen molar-refractivity contribution < 1.29 is 19.4 Å². The minimum Gasteiger partial charge on any atom is -0.508 e. The van der Waals surface area contributed by atoms with Gasteiger partial charge in [-0.2, -0.15) is 0 Å². The normalized spacial score (nSPS) is 24.0. The minimum absolute atomic E-state index is 0.0483. The first kappa shape index (κ1) is 18.8. The van der Waals surface area contributed by atoms with Gasteiger partial charge in [0.25, 0.3) is 0 Å². The molecule has 0 saturated carbocycles. The highest BCUT2D eigenvalue weighted by Crippen LogP contribution is 2.54. The molecule has 0 radical (unpaired) electrons. The van der Waals surface area contributed by atoms with Crippen LogP contribution in [0.5, 0.6) is 11.5 Å². The number of fused-ring (bicyclic) bond motifs is 3. The second-order valence-corrected chi connectivity index (χ2v) is 8.97. The van der Waals surface area contributed by atoms with E-state index in [1.54, 1.807) is 0 Å². The summed E-state index contributed by atoms with van der Waals surface area (Å²) < 4.78 is 11.5. The molecule has 0 unspecified atom stereocenters. The van der Waals surface area contributed by atoms with Crippen molar-refractivity contribution in [3.05, 3.63) is 34.9 Å². The number of ether oxygens (including phenoxy) is 2. The van der Waals surface area contributed by atoms with Crippen molar-refractivity contribution in [2.45, 2.75) is 71.3 Å². The Morgan fingerprint density at radius 2 is 2.04 bits per heavy atom. The number of hydrogen-bond donors (Lipinski definition) is 1.